The fraction of sp³-hybridized carbons (Fsp3) is 0.125. The number of amides is 1. The van der Waals surface area contributed by atoms with Crippen LogP contribution in [-0.2, 0) is 18.4 Å². The van der Waals surface area contributed by atoms with Crippen molar-refractivity contribution in [2.45, 2.75) is 5.91 Å². The lowest BCUT2D eigenvalue weighted by atomic mass is 10.2. The van der Waals surface area contributed by atoms with Gasteiger partial charge in [-0.3, -0.25) is 4.79 Å². The molecule has 1 aromatic rings. The SMILES string of the molecule is O=C1N=c2cccc3c2=NC12OP(=O)(O3)O2. The summed E-state index contributed by atoms with van der Waals surface area (Å²) in [7, 11) is -3.68. The third-order valence-electron chi connectivity index (χ3n) is 2.41. The van der Waals surface area contributed by atoms with E-state index in [0.29, 0.717) is 10.7 Å². The first-order chi connectivity index (χ1) is 7.60. The molecule has 4 aliphatic heterocycles. The van der Waals surface area contributed by atoms with Gasteiger partial charge in [-0.15, -0.1) is 0 Å². The molecule has 4 heterocycles. The van der Waals surface area contributed by atoms with E-state index in [4.69, 9.17) is 13.6 Å². The van der Waals surface area contributed by atoms with Crippen molar-refractivity contribution < 1.29 is 22.9 Å². The number of benzene rings is 1. The number of hydrogen-bond donors (Lipinski definition) is 0. The average molecular weight is 238 g/mol. The van der Waals surface area contributed by atoms with Crippen molar-refractivity contribution in [2.24, 2.45) is 9.98 Å². The average Bonchev–Trinajstić information content (AvgIpc) is 2.38. The lowest BCUT2D eigenvalue weighted by Crippen LogP contribution is -2.52. The Labute approximate surface area is 88.0 Å². The van der Waals surface area contributed by atoms with Crippen molar-refractivity contribution >= 4 is 13.7 Å². The van der Waals surface area contributed by atoms with E-state index in [1.54, 1.807) is 18.2 Å². The lowest BCUT2D eigenvalue weighted by Gasteiger charge is -2.36. The van der Waals surface area contributed by atoms with Crippen molar-refractivity contribution in [1.29, 1.82) is 0 Å². The van der Waals surface area contributed by atoms with Gasteiger partial charge >= 0.3 is 19.6 Å². The van der Waals surface area contributed by atoms with Gasteiger partial charge in [0.15, 0.2) is 5.75 Å². The summed E-state index contributed by atoms with van der Waals surface area (Å²) in [6.07, 6.45) is 0. The molecule has 0 N–H and O–H groups in total. The van der Waals surface area contributed by atoms with E-state index in [1.165, 1.54) is 0 Å². The number of carbonyl (C=O) groups is 1. The first-order valence-corrected chi connectivity index (χ1v) is 5.90. The standard InChI is InChI=1S/C8H3N2O5P/c11-7-8-10-6-4(9-7)2-1-3-5(6)13-16(12,14-8)15-8/h1-3H. The Morgan fingerprint density at radius 3 is 2.94 bits per heavy atom. The maximum atomic E-state index is 11.7. The van der Waals surface area contributed by atoms with E-state index < -0.39 is 19.6 Å². The fourth-order valence-corrected chi connectivity index (χ4v) is 3.07. The Morgan fingerprint density at radius 1 is 1.31 bits per heavy atom. The van der Waals surface area contributed by atoms with E-state index in [2.05, 4.69) is 9.98 Å². The molecule has 7 nitrogen and oxygen atoms in total. The molecule has 0 aromatic heterocycles. The van der Waals surface area contributed by atoms with Gasteiger partial charge < -0.3 is 4.52 Å². The molecule has 1 spiro atoms. The summed E-state index contributed by atoms with van der Waals surface area (Å²) >= 11 is 0. The van der Waals surface area contributed by atoms with Crippen molar-refractivity contribution in [3.05, 3.63) is 28.9 Å². The number of para-hydroxylation sites is 1. The van der Waals surface area contributed by atoms with Crippen LogP contribution >= 0.6 is 7.82 Å². The molecule has 1 aromatic carbocycles. The van der Waals surface area contributed by atoms with Gasteiger partial charge in [-0.05, 0) is 12.1 Å². The molecule has 4 aliphatic rings. The van der Waals surface area contributed by atoms with Crippen molar-refractivity contribution in [3.63, 3.8) is 0 Å². The zero-order valence-corrected chi connectivity index (χ0v) is 8.51. The maximum Gasteiger partial charge on any atom is 0.539 e. The van der Waals surface area contributed by atoms with Crippen molar-refractivity contribution in [1.82, 2.24) is 0 Å². The Balaban J connectivity index is 2.20. The molecule has 1 saturated heterocycles. The third kappa shape index (κ3) is 0.824. The van der Waals surface area contributed by atoms with E-state index >= 15 is 0 Å². The van der Waals surface area contributed by atoms with Gasteiger partial charge in [0.2, 0.25) is 0 Å². The quantitative estimate of drug-likeness (QED) is 0.577. The number of hydrogen-bond acceptors (Lipinski definition) is 6. The van der Waals surface area contributed by atoms with Gasteiger partial charge in [-0.1, -0.05) is 6.07 Å². The van der Waals surface area contributed by atoms with E-state index in [-0.39, 0.29) is 5.75 Å². The van der Waals surface area contributed by atoms with Crippen molar-refractivity contribution in [2.75, 3.05) is 0 Å². The summed E-state index contributed by atoms with van der Waals surface area (Å²) in [5.74, 6) is -2.36. The Morgan fingerprint density at radius 2 is 2.12 bits per heavy atom. The van der Waals surface area contributed by atoms with Crippen molar-refractivity contribution in [3.8, 4) is 5.75 Å². The van der Waals surface area contributed by atoms with E-state index in [9.17, 15) is 9.36 Å². The normalized spacial score (nSPS) is 37.4. The minimum absolute atomic E-state index is 0.247. The van der Waals surface area contributed by atoms with E-state index in [0.717, 1.165) is 0 Å². The topological polar surface area (TPSA) is 86.6 Å². The summed E-state index contributed by atoms with van der Waals surface area (Å²) in [4.78, 5) is 19.3. The molecule has 8 heteroatoms. The second kappa shape index (κ2) is 2.24. The van der Waals surface area contributed by atoms with Gasteiger partial charge in [-0.2, -0.15) is 0 Å². The Bertz CT molecular complexity index is 702. The highest BCUT2D eigenvalue weighted by atomic mass is 31.2. The number of rotatable bonds is 0. The largest absolute Gasteiger partial charge is 0.539 e. The number of phosphoric ester groups is 1. The minimum atomic E-state index is -3.68. The summed E-state index contributed by atoms with van der Waals surface area (Å²) in [6, 6.07) is 4.79. The summed E-state index contributed by atoms with van der Waals surface area (Å²) in [6.45, 7) is 0. The third-order valence-corrected chi connectivity index (χ3v) is 3.77. The molecule has 1 amide bonds. The van der Waals surface area contributed by atoms with Crippen LogP contribution in [0, 0.1) is 0 Å². The predicted molar refractivity (Wildman–Crippen MR) is 46.9 cm³/mol. The van der Waals surface area contributed by atoms with Crippen LogP contribution < -0.4 is 15.2 Å². The van der Waals surface area contributed by atoms with Gasteiger partial charge in [-0.25, -0.2) is 23.6 Å². The highest BCUT2D eigenvalue weighted by molar-refractivity contribution is 7.50. The molecule has 0 aliphatic carbocycles. The van der Waals surface area contributed by atoms with Gasteiger partial charge in [0.05, 0.1) is 5.36 Å². The zero-order valence-electron chi connectivity index (χ0n) is 7.61. The Kier molecular flexibility index (Phi) is 1.20. The van der Waals surface area contributed by atoms with Crippen LogP contribution in [-0.4, -0.2) is 11.8 Å². The molecular formula is C8H3N2O5P. The molecule has 16 heavy (non-hydrogen) atoms. The molecule has 80 valence electrons. The zero-order chi connectivity index (χ0) is 11.0. The molecular weight excluding hydrogens is 235 g/mol. The first kappa shape index (κ1) is 8.58. The smallest absolute Gasteiger partial charge is 0.401 e. The van der Waals surface area contributed by atoms with Crippen LogP contribution in [0.4, 0.5) is 0 Å². The van der Waals surface area contributed by atoms with Crippen LogP contribution in [0.5, 0.6) is 5.75 Å². The lowest BCUT2D eigenvalue weighted by molar-refractivity contribution is -0.207. The van der Waals surface area contributed by atoms with Crippen LogP contribution in [0.15, 0.2) is 28.2 Å². The van der Waals surface area contributed by atoms with E-state index in [1.807, 2.05) is 0 Å². The van der Waals surface area contributed by atoms with Gasteiger partial charge in [0.25, 0.3) is 0 Å². The molecule has 0 saturated carbocycles. The molecule has 5 rings (SSSR count). The number of phosphoric acid groups is 1. The molecule has 0 unspecified atom stereocenters. The van der Waals surface area contributed by atoms with Crippen LogP contribution in [0.2, 0.25) is 0 Å². The minimum Gasteiger partial charge on any atom is -0.401 e. The van der Waals surface area contributed by atoms with Crippen LogP contribution in [0.25, 0.3) is 0 Å². The van der Waals surface area contributed by atoms with Crippen LogP contribution in [0.1, 0.15) is 0 Å². The number of carbonyl (C=O) groups excluding carboxylic acids is 1. The second-order valence-electron chi connectivity index (χ2n) is 3.46. The number of nitrogens with zero attached hydrogens (tertiary/aromatic N) is 2. The Hall–Kier alpha value is -1.56. The van der Waals surface area contributed by atoms with Gasteiger partial charge in [0.1, 0.15) is 5.36 Å². The predicted octanol–water partition coefficient (Wildman–Crippen LogP) is -0.333. The monoisotopic (exact) mass is 238 g/mol. The summed E-state index contributed by atoms with van der Waals surface area (Å²) in [5, 5.41) is 0.693. The summed E-state index contributed by atoms with van der Waals surface area (Å²) < 4.78 is 26.5. The highest BCUT2D eigenvalue weighted by Gasteiger charge is 2.66. The second-order valence-corrected chi connectivity index (χ2v) is 4.90. The fourth-order valence-electron chi connectivity index (χ4n) is 1.75. The summed E-state index contributed by atoms with van der Waals surface area (Å²) in [5.41, 5.74) is 0. The van der Waals surface area contributed by atoms with Crippen LogP contribution in [0.3, 0.4) is 0 Å². The van der Waals surface area contributed by atoms with Gasteiger partial charge in [0, 0.05) is 0 Å². The molecule has 0 radical (unpaired) electrons. The first-order valence-electron chi connectivity index (χ1n) is 4.44. The molecule has 1 fully saturated rings. The molecule has 0 atom stereocenters. The highest BCUT2D eigenvalue weighted by Crippen LogP contribution is 2.66. The molecule has 3 bridgehead atoms. The maximum absolute atomic E-state index is 11.7.